The van der Waals surface area contributed by atoms with E-state index in [-0.39, 0.29) is 11.5 Å². The molecule has 5 rings (SSSR count). The van der Waals surface area contributed by atoms with Crippen LogP contribution in [0.4, 0.5) is 13.2 Å². The number of aliphatic carboxylic acids is 1. The number of amides is 1. The minimum atomic E-state index is -5.08. The zero-order valence-electron chi connectivity index (χ0n) is 21.5. The van der Waals surface area contributed by atoms with Crippen molar-refractivity contribution in [2.45, 2.75) is 61.8 Å². The van der Waals surface area contributed by atoms with Crippen molar-refractivity contribution in [3.05, 3.63) is 74.3 Å². The Kier molecular flexibility index (Phi) is 10.0. The van der Waals surface area contributed by atoms with E-state index >= 15 is 0 Å². The number of alkyl halides is 3. The lowest BCUT2D eigenvalue weighted by molar-refractivity contribution is -0.192. The summed E-state index contributed by atoms with van der Waals surface area (Å²) in [5.41, 5.74) is 3.54. The summed E-state index contributed by atoms with van der Waals surface area (Å²) in [6.07, 6.45) is -0.427. The van der Waals surface area contributed by atoms with Crippen molar-refractivity contribution >= 4 is 35.0 Å². The fraction of sp³-hybridized carbons (Fsp3) is 0.407. The lowest BCUT2D eigenvalue weighted by Gasteiger charge is -2.30. The summed E-state index contributed by atoms with van der Waals surface area (Å²) in [4.78, 5) is 42.1. The molecule has 1 aromatic carbocycles. The Morgan fingerprint density at radius 1 is 1.18 bits per heavy atom. The Morgan fingerprint density at radius 3 is 2.50 bits per heavy atom. The molecule has 0 radical (unpaired) electrons. The Balaban J connectivity index is 0.000000470. The van der Waals surface area contributed by atoms with Gasteiger partial charge in [0.25, 0.3) is 5.56 Å². The van der Waals surface area contributed by atoms with Crippen molar-refractivity contribution in [1.29, 1.82) is 0 Å². The van der Waals surface area contributed by atoms with Gasteiger partial charge in [-0.25, -0.2) is 9.78 Å². The summed E-state index contributed by atoms with van der Waals surface area (Å²) in [5, 5.41) is 15.9. The third-order valence-corrected chi connectivity index (χ3v) is 8.58. The first-order valence-corrected chi connectivity index (χ1v) is 14.6. The van der Waals surface area contributed by atoms with Crippen LogP contribution in [0.25, 0.3) is 5.69 Å². The van der Waals surface area contributed by atoms with Crippen LogP contribution < -0.4 is 10.9 Å². The summed E-state index contributed by atoms with van der Waals surface area (Å²) < 4.78 is 33.5. The van der Waals surface area contributed by atoms with E-state index in [1.807, 2.05) is 35.2 Å². The molecule has 1 amide bonds. The number of hydrogen-bond acceptors (Lipinski definition) is 7. The van der Waals surface area contributed by atoms with E-state index in [4.69, 9.17) is 14.9 Å². The molecule has 0 atom stereocenters. The zero-order chi connectivity index (χ0) is 28.7. The molecule has 1 fully saturated rings. The molecule has 214 valence electrons. The second-order valence-electron chi connectivity index (χ2n) is 9.39. The normalized spacial score (nSPS) is 15.0. The van der Waals surface area contributed by atoms with Crippen LogP contribution in [0.2, 0.25) is 0 Å². The Bertz CT molecular complexity index is 1360. The van der Waals surface area contributed by atoms with Crippen LogP contribution >= 0.6 is 23.1 Å². The minimum absolute atomic E-state index is 0.0406. The van der Waals surface area contributed by atoms with E-state index in [1.54, 1.807) is 27.7 Å². The number of thiophene rings is 1. The highest BCUT2D eigenvalue weighted by Crippen LogP contribution is 2.36. The molecule has 1 saturated carbocycles. The second-order valence-corrected chi connectivity index (χ2v) is 11.4. The summed E-state index contributed by atoms with van der Waals surface area (Å²) in [5.74, 6) is -2.68. The zero-order valence-corrected chi connectivity index (χ0v) is 23.2. The number of carboxylic acids is 1. The highest BCUT2D eigenvalue weighted by molar-refractivity contribution is 7.99. The predicted molar refractivity (Wildman–Crippen MR) is 147 cm³/mol. The molecular weight excluding hydrogens is 565 g/mol. The van der Waals surface area contributed by atoms with Gasteiger partial charge >= 0.3 is 12.1 Å². The molecule has 0 saturated heterocycles. The number of nitrogens with zero attached hydrogens (tertiary/aromatic N) is 3. The van der Waals surface area contributed by atoms with Crippen LogP contribution in [0, 0.1) is 0 Å². The largest absolute Gasteiger partial charge is 0.490 e. The molecule has 0 spiro atoms. The predicted octanol–water partition coefficient (Wildman–Crippen LogP) is 4.64. The van der Waals surface area contributed by atoms with Crippen LogP contribution in [0.1, 0.15) is 42.5 Å². The van der Waals surface area contributed by atoms with E-state index in [0.717, 1.165) is 23.1 Å². The number of para-hydroxylation sites is 1. The average Bonchev–Trinajstić information content (AvgIpc) is 3.42. The van der Waals surface area contributed by atoms with Gasteiger partial charge < -0.3 is 15.3 Å². The standard InChI is InChI=1S/C25H28N4O2S2.C2HF3O2/c30-23(9-12-26-15-18-11-14-32-17-18)28-13-10-22-21(16-28)24(31)29(19-5-2-1-3-6-19)25(27-22)33-20-7-4-8-20;3-2(4,5)1(6)7/h1-3,5-6,11,14,17,20,26H,4,7-10,12-13,15-16H2;(H,6,7). The number of rotatable bonds is 8. The number of halogens is 3. The molecule has 2 aromatic heterocycles. The van der Waals surface area contributed by atoms with Gasteiger partial charge in [-0.3, -0.25) is 14.2 Å². The quantitative estimate of drug-likeness (QED) is 0.289. The number of fused-ring (bicyclic) bond motifs is 1. The van der Waals surface area contributed by atoms with Crippen molar-refractivity contribution in [2.24, 2.45) is 0 Å². The van der Waals surface area contributed by atoms with Gasteiger partial charge in [0.05, 0.1) is 23.5 Å². The topological polar surface area (TPSA) is 105 Å². The number of aromatic nitrogens is 2. The number of carbonyl (C=O) groups excluding carboxylic acids is 1. The van der Waals surface area contributed by atoms with Gasteiger partial charge in [0.1, 0.15) is 0 Å². The number of benzene rings is 1. The minimum Gasteiger partial charge on any atom is -0.475 e. The van der Waals surface area contributed by atoms with E-state index in [0.29, 0.717) is 43.3 Å². The maximum atomic E-state index is 13.6. The van der Waals surface area contributed by atoms with Gasteiger partial charge in [-0.15, -0.1) is 0 Å². The lowest BCUT2D eigenvalue weighted by Crippen LogP contribution is -2.42. The third-order valence-electron chi connectivity index (χ3n) is 6.56. The highest BCUT2D eigenvalue weighted by Gasteiger charge is 2.38. The van der Waals surface area contributed by atoms with Gasteiger partial charge in [-0.2, -0.15) is 24.5 Å². The molecule has 13 heteroatoms. The number of thioether (sulfide) groups is 1. The van der Waals surface area contributed by atoms with E-state index in [2.05, 4.69) is 22.1 Å². The van der Waals surface area contributed by atoms with Crippen molar-refractivity contribution < 1.29 is 27.9 Å². The lowest BCUT2D eigenvalue weighted by atomic mass is 10.0. The summed E-state index contributed by atoms with van der Waals surface area (Å²) in [6, 6.07) is 11.8. The van der Waals surface area contributed by atoms with Crippen LogP contribution in [0.3, 0.4) is 0 Å². The molecule has 2 N–H and O–H groups in total. The smallest absolute Gasteiger partial charge is 0.475 e. The van der Waals surface area contributed by atoms with Gasteiger partial charge in [0.15, 0.2) is 5.16 Å². The number of nitrogens with one attached hydrogen (secondary N) is 1. The first kappa shape index (κ1) is 29.8. The summed E-state index contributed by atoms with van der Waals surface area (Å²) in [6.45, 7) is 2.35. The van der Waals surface area contributed by atoms with E-state index in [1.165, 1.54) is 24.8 Å². The maximum absolute atomic E-state index is 13.6. The molecule has 1 aliphatic heterocycles. The van der Waals surface area contributed by atoms with Crippen molar-refractivity contribution in [2.75, 3.05) is 13.1 Å². The third kappa shape index (κ3) is 7.73. The number of carboxylic acid groups (broad SMARTS) is 1. The molecule has 40 heavy (non-hydrogen) atoms. The molecule has 3 heterocycles. The van der Waals surface area contributed by atoms with Gasteiger partial charge in [0, 0.05) is 37.7 Å². The fourth-order valence-electron chi connectivity index (χ4n) is 4.17. The van der Waals surface area contributed by atoms with Crippen molar-refractivity contribution in [3.63, 3.8) is 0 Å². The average molecular weight is 595 g/mol. The monoisotopic (exact) mass is 594 g/mol. The van der Waals surface area contributed by atoms with E-state index < -0.39 is 12.1 Å². The van der Waals surface area contributed by atoms with Gasteiger partial charge in [-0.05, 0) is 47.4 Å². The Hall–Kier alpha value is -3.16. The molecule has 0 unspecified atom stereocenters. The first-order chi connectivity index (χ1) is 19.1. The van der Waals surface area contributed by atoms with Crippen LogP contribution in [-0.4, -0.2) is 55.9 Å². The van der Waals surface area contributed by atoms with Gasteiger partial charge in [-0.1, -0.05) is 36.4 Å². The van der Waals surface area contributed by atoms with E-state index in [9.17, 15) is 22.8 Å². The van der Waals surface area contributed by atoms with Crippen LogP contribution in [0.15, 0.2) is 57.1 Å². The van der Waals surface area contributed by atoms with Crippen LogP contribution in [-0.2, 0) is 29.1 Å². The van der Waals surface area contributed by atoms with Crippen LogP contribution in [0.5, 0.6) is 0 Å². The van der Waals surface area contributed by atoms with Gasteiger partial charge in [0.2, 0.25) is 5.91 Å². The first-order valence-electron chi connectivity index (χ1n) is 12.8. The number of carbonyl (C=O) groups is 2. The summed E-state index contributed by atoms with van der Waals surface area (Å²) in [7, 11) is 0. The van der Waals surface area contributed by atoms with Crippen molar-refractivity contribution in [3.8, 4) is 5.69 Å². The highest BCUT2D eigenvalue weighted by atomic mass is 32.2. The second kappa shape index (κ2) is 13.5. The SMILES string of the molecule is O=C(CCNCc1ccsc1)N1CCc2nc(SC3CCC3)n(-c3ccccc3)c(=O)c2C1.O=C(O)C(F)(F)F. The Morgan fingerprint density at radius 2 is 1.90 bits per heavy atom. The molecule has 2 aliphatic rings. The molecule has 3 aromatic rings. The Labute approximate surface area is 237 Å². The maximum Gasteiger partial charge on any atom is 0.490 e. The number of hydrogen-bond donors (Lipinski definition) is 2. The fourth-order valence-corrected chi connectivity index (χ4v) is 6.16. The molecule has 0 bridgehead atoms. The van der Waals surface area contributed by atoms with Crippen molar-refractivity contribution in [1.82, 2.24) is 19.8 Å². The summed E-state index contributed by atoms with van der Waals surface area (Å²) >= 11 is 3.40. The molecular formula is C27H29F3N4O4S2. The molecule has 8 nitrogen and oxygen atoms in total. The molecule has 1 aliphatic carbocycles.